The highest BCUT2D eigenvalue weighted by Gasteiger charge is 2.11. The molecule has 0 fully saturated rings. The van der Waals surface area contributed by atoms with E-state index in [1.54, 1.807) is 12.1 Å². The fourth-order valence-corrected chi connectivity index (χ4v) is 2.10. The average molecular weight is 293 g/mol. The van der Waals surface area contributed by atoms with Gasteiger partial charge in [-0.1, -0.05) is 31.9 Å². The van der Waals surface area contributed by atoms with Crippen LogP contribution in [-0.2, 0) is 12.8 Å². The van der Waals surface area contributed by atoms with Crippen molar-refractivity contribution in [3.05, 3.63) is 40.3 Å². The van der Waals surface area contributed by atoms with Crippen LogP contribution in [0.3, 0.4) is 0 Å². The molecule has 0 atom stereocenters. The molecule has 1 amide bonds. The molecule has 0 aliphatic rings. The van der Waals surface area contributed by atoms with Crippen molar-refractivity contribution in [1.29, 1.82) is 0 Å². The fraction of sp³-hybridized carbons (Fsp3) is 0.357. The van der Waals surface area contributed by atoms with Crippen molar-refractivity contribution >= 4 is 23.3 Å². The van der Waals surface area contributed by atoms with Gasteiger partial charge in [-0.15, -0.1) is 0 Å². The van der Waals surface area contributed by atoms with Crippen molar-refractivity contribution < 1.29 is 4.79 Å². The summed E-state index contributed by atoms with van der Waals surface area (Å²) in [6.45, 7) is 4.05. The molecular weight excluding hydrogens is 276 g/mol. The zero-order valence-electron chi connectivity index (χ0n) is 11.5. The van der Waals surface area contributed by atoms with Crippen LogP contribution in [0.2, 0.25) is 5.15 Å². The SMILES string of the molecule is CCCc1cc(NC(=O)c2cc(Cl)nc(CC)c2)n[nH]1. The first-order valence-electron chi connectivity index (χ1n) is 6.64. The number of aromatic nitrogens is 3. The summed E-state index contributed by atoms with van der Waals surface area (Å²) in [6.07, 6.45) is 2.66. The predicted octanol–water partition coefficient (Wildman–Crippen LogP) is 3.23. The van der Waals surface area contributed by atoms with Crippen LogP contribution < -0.4 is 5.32 Å². The van der Waals surface area contributed by atoms with Gasteiger partial charge in [-0.25, -0.2) is 4.98 Å². The van der Waals surface area contributed by atoms with E-state index in [1.165, 1.54) is 0 Å². The summed E-state index contributed by atoms with van der Waals surface area (Å²) >= 11 is 5.91. The maximum absolute atomic E-state index is 12.2. The quantitative estimate of drug-likeness (QED) is 0.831. The lowest BCUT2D eigenvalue weighted by molar-refractivity contribution is 0.102. The van der Waals surface area contributed by atoms with Crippen LogP contribution in [-0.4, -0.2) is 21.1 Å². The Labute approximate surface area is 122 Å². The van der Waals surface area contributed by atoms with Gasteiger partial charge in [0.2, 0.25) is 0 Å². The number of carbonyl (C=O) groups is 1. The summed E-state index contributed by atoms with van der Waals surface area (Å²) in [7, 11) is 0. The van der Waals surface area contributed by atoms with E-state index in [9.17, 15) is 4.79 Å². The molecule has 106 valence electrons. The Morgan fingerprint density at radius 3 is 2.85 bits per heavy atom. The standard InChI is InChI=1S/C14H17ClN4O/c1-3-5-11-8-13(19-18-11)17-14(20)9-6-10(4-2)16-12(15)7-9/h6-8H,3-5H2,1-2H3,(H2,17,18,19,20). The first-order valence-corrected chi connectivity index (χ1v) is 7.02. The van der Waals surface area contributed by atoms with Crippen molar-refractivity contribution in [3.63, 3.8) is 0 Å². The molecule has 0 bridgehead atoms. The molecule has 2 aromatic heterocycles. The summed E-state index contributed by atoms with van der Waals surface area (Å²) in [5.74, 6) is 0.281. The zero-order chi connectivity index (χ0) is 14.5. The highest BCUT2D eigenvalue weighted by molar-refractivity contribution is 6.29. The van der Waals surface area contributed by atoms with Gasteiger partial charge < -0.3 is 5.32 Å². The van der Waals surface area contributed by atoms with Crippen molar-refractivity contribution in [2.24, 2.45) is 0 Å². The Morgan fingerprint density at radius 1 is 1.35 bits per heavy atom. The van der Waals surface area contributed by atoms with Crippen molar-refractivity contribution in [2.45, 2.75) is 33.1 Å². The normalized spacial score (nSPS) is 10.6. The average Bonchev–Trinajstić information content (AvgIpc) is 2.85. The predicted molar refractivity (Wildman–Crippen MR) is 79.2 cm³/mol. The highest BCUT2D eigenvalue weighted by Crippen LogP contribution is 2.14. The molecule has 0 unspecified atom stereocenters. The van der Waals surface area contributed by atoms with E-state index in [2.05, 4.69) is 27.4 Å². The largest absolute Gasteiger partial charge is 0.305 e. The molecule has 2 heterocycles. The fourth-order valence-electron chi connectivity index (χ4n) is 1.87. The van der Waals surface area contributed by atoms with E-state index in [4.69, 9.17) is 11.6 Å². The summed E-state index contributed by atoms with van der Waals surface area (Å²) in [4.78, 5) is 16.3. The highest BCUT2D eigenvalue weighted by atomic mass is 35.5. The Balaban J connectivity index is 2.12. The number of hydrogen-bond acceptors (Lipinski definition) is 3. The number of amides is 1. The number of rotatable bonds is 5. The van der Waals surface area contributed by atoms with Gasteiger partial charge in [0.15, 0.2) is 5.82 Å². The monoisotopic (exact) mass is 292 g/mol. The van der Waals surface area contributed by atoms with Crippen molar-refractivity contribution in [1.82, 2.24) is 15.2 Å². The molecule has 5 nitrogen and oxygen atoms in total. The summed E-state index contributed by atoms with van der Waals surface area (Å²) in [5.41, 5.74) is 2.28. The number of aryl methyl sites for hydroxylation is 2. The van der Waals surface area contributed by atoms with Crippen LogP contribution in [0, 0.1) is 0 Å². The van der Waals surface area contributed by atoms with E-state index in [0.29, 0.717) is 16.5 Å². The molecule has 0 aromatic carbocycles. The Bertz CT molecular complexity index is 609. The van der Waals surface area contributed by atoms with Crippen LogP contribution in [0.5, 0.6) is 0 Å². The number of hydrogen-bond donors (Lipinski definition) is 2. The maximum atomic E-state index is 12.2. The summed E-state index contributed by atoms with van der Waals surface area (Å²) in [6, 6.07) is 5.13. The zero-order valence-corrected chi connectivity index (χ0v) is 12.3. The molecule has 2 rings (SSSR count). The van der Waals surface area contributed by atoms with Crippen LogP contribution in [0.15, 0.2) is 18.2 Å². The minimum absolute atomic E-state index is 0.237. The van der Waals surface area contributed by atoms with Crippen LogP contribution in [0.1, 0.15) is 42.0 Å². The molecule has 0 saturated heterocycles. The van der Waals surface area contributed by atoms with Crippen molar-refractivity contribution in [3.8, 4) is 0 Å². The van der Waals surface area contributed by atoms with E-state index in [1.807, 2.05) is 13.0 Å². The lowest BCUT2D eigenvalue weighted by atomic mass is 10.2. The number of carbonyl (C=O) groups excluding carboxylic acids is 1. The van der Waals surface area contributed by atoms with Gasteiger partial charge in [0.1, 0.15) is 5.15 Å². The van der Waals surface area contributed by atoms with Gasteiger partial charge in [-0.3, -0.25) is 9.89 Å². The van der Waals surface area contributed by atoms with Crippen LogP contribution in [0.4, 0.5) is 5.82 Å². The molecule has 0 saturated carbocycles. The van der Waals surface area contributed by atoms with Gasteiger partial charge >= 0.3 is 0 Å². The number of pyridine rings is 1. The Kier molecular flexibility index (Phi) is 4.74. The van der Waals surface area contributed by atoms with E-state index >= 15 is 0 Å². The third-order valence-corrected chi connectivity index (χ3v) is 3.06. The third-order valence-electron chi connectivity index (χ3n) is 2.86. The topological polar surface area (TPSA) is 70.7 Å². The minimum atomic E-state index is -0.237. The van der Waals surface area contributed by atoms with Crippen LogP contribution in [0.25, 0.3) is 0 Å². The molecule has 0 spiro atoms. The molecule has 20 heavy (non-hydrogen) atoms. The second-order valence-corrected chi connectivity index (χ2v) is 4.89. The molecule has 2 N–H and O–H groups in total. The number of anilines is 1. The van der Waals surface area contributed by atoms with Gasteiger partial charge in [0.05, 0.1) is 0 Å². The molecule has 0 aliphatic heterocycles. The molecule has 0 aliphatic carbocycles. The molecule has 0 radical (unpaired) electrons. The number of nitrogens with zero attached hydrogens (tertiary/aromatic N) is 2. The van der Waals surface area contributed by atoms with Gasteiger partial charge in [0.25, 0.3) is 5.91 Å². The molecule has 6 heteroatoms. The second kappa shape index (κ2) is 6.52. The van der Waals surface area contributed by atoms with E-state index in [0.717, 1.165) is 30.7 Å². The Hall–Kier alpha value is -1.88. The lowest BCUT2D eigenvalue weighted by Crippen LogP contribution is -2.13. The second-order valence-electron chi connectivity index (χ2n) is 4.51. The smallest absolute Gasteiger partial charge is 0.257 e. The third kappa shape index (κ3) is 3.57. The van der Waals surface area contributed by atoms with Crippen molar-refractivity contribution in [2.75, 3.05) is 5.32 Å². The van der Waals surface area contributed by atoms with Gasteiger partial charge in [0, 0.05) is 23.0 Å². The van der Waals surface area contributed by atoms with Gasteiger partial charge in [-0.2, -0.15) is 5.10 Å². The minimum Gasteiger partial charge on any atom is -0.305 e. The summed E-state index contributed by atoms with van der Waals surface area (Å²) < 4.78 is 0. The summed E-state index contributed by atoms with van der Waals surface area (Å²) in [5, 5.41) is 10.0. The molecule has 2 aromatic rings. The van der Waals surface area contributed by atoms with E-state index < -0.39 is 0 Å². The number of halogens is 1. The Morgan fingerprint density at radius 2 is 2.15 bits per heavy atom. The number of nitrogens with one attached hydrogen (secondary N) is 2. The number of H-pyrrole nitrogens is 1. The maximum Gasteiger partial charge on any atom is 0.257 e. The van der Waals surface area contributed by atoms with Gasteiger partial charge in [-0.05, 0) is 25.0 Å². The van der Waals surface area contributed by atoms with E-state index in [-0.39, 0.29) is 5.91 Å². The molecular formula is C14H17ClN4O. The lowest BCUT2D eigenvalue weighted by Gasteiger charge is -2.04. The number of aromatic amines is 1. The van der Waals surface area contributed by atoms with Crippen LogP contribution >= 0.6 is 11.6 Å². The first-order chi connectivity index (χ1) is 9.62. The first kappa shape index (κ1) is 14.5.